The lowest BCUT2D eigenvalue weighted by Crippen LogP contribution is -2.52. The van der Waals surface area contributed by atoms with Gasteiger partial charge in [0.1, 0.15) is 18.4 Å². The molecule has 0 saturated carbocycles. The smallest absolute Gasteiger partial charge is 0.264 e. The predicted molar refractivity (Wildman–Crippen MR) is 156 cm³/mol. The van der Waals surface area contributed by atoms with E-state index >= 15 is 0 Å². The van der Waals surface area contributed by atoms with E-state index in [9.17, 15) is 22.4 Å². The van der Waals surface area contributed by atoms with Gasteiger partial charge in [-0.05, 0) is 73.4 Å². The van der Waals surface area contributed by atoms with Crippen molar-refractivity contribution in [1.29, 1.82) is 0 Å². The number of carbonyl (C=O) groups is 2. The number of nitrogens with one attached hydrogen (secondary N) is 1. The summed E-state index contributed by atoms with van der Waals surface area (Å²) in [6.45, 7) is 7.40. The fraction of sp³-hybridized carbons (Fsp3) is 0.333. The quantitative estimate of drug-likeness (QED) is 0.300. The van der Waals surface area contributed by atoms with Crippen LogP contribution in [0.3, 0.4) is 0 Å². The van der Waals surface area contributed by atoms with Crippen LogP contribution in [0.2, 0.25) is 5.02 Å². The molecule has 2 amide bonds. The number of halogens is 2. The van der Waals surface area contributed by atoms with Crippen LogP contribution in [0, 0.1) is 18.7 Å². The molecule has 214 valence electrons. The Balaban J connectivity index is 2.03. The van der Waals surface area contributed by atoms with Gasteiger partial charge in [-0.3, -0.25) is 13.9 Å². The number of hydrogen-bond donors (Lipinski definition) is 1. The fourth-order valence-corrected chi connectivity index (χ4v) is 5.64. The van der Waals surface area contributed by atoms with E-state index in [1.807, 2.05) is 20.8 Å². The summed E-state index contributed by atoms with van der Waals surface area (Å²) in [6.07, 6.45) is 0.294. The van der Waals surface area contributed by atoms with Gasteiger partial charge in [0.05, 0.1) is 10.6 Å². The number of nitrogens with zero attached hydrogens (tertiary/aromatic N) is 2. The largest absolute Gasteiger partial charge is 0.354 e. The van der Waals surface area contributed by atoms with Crippen molar-refractivity contribution in [2.24, 2.45) is 5.92 Å². The van der Waals surface area contributed by atoms with E-state index in [0.717, 1.165) is 9.87 Å². The maximum atomic E-state index is 14.0. The van der Waals surface area contributed by atoms with Crippen molar-refractivity contribution in [3.05, 3.63) is 94.8 Å². The lowest BCUT2D eigenvalue weighted by Gasteiger charge is -2.33. The van der Waals surface area contributed by atoms with Gasteiger partial charge in [0.15, 0.2) is 0 Å². The summed E-state index contributed by atoms with van der Waals surface area (Å²) in [5.41, 5.74) is 1.73. The van der Waals surface area contributed by atoms with E-state index < -0.39 is 34.3 Å². The molecule has 1 atom stereocenters. The van der Waals surface area contributed by atoms with Crippen LogP contribution in [-0.4, -0.2) is 44.3 Å². The molecule has 0 aliphatic heterocycles. The molecule has 3 rings (SSSR count). The van der Waals surface area contributed by atoms with E-state index in [0.29, 0.717) is 23.6 Å². The van der Waals surface area contributed by atoms with Gasteiger partial charge in [0, 0.05) is 18.1 Å². The van der Waals surface area contributed by atoms with Gasteiger partial charge in [-0.1, -0.05) is 62.2 Å². The highest BCUT2D eigenvalue weighted by Gasteiger charge is 2.33. The van der Waals surface area contributed by atoms with Crippen molar-refractivity contribution in [3.63, 3.8) is 0 Å². The molecule has 0 unspecified atom stereocenters. The molecule has 0 aliphatic rings. The Bertz CT molecular complexity index is 1400. The standard InChI is InChI=1S/C30H35ClFN3O4S/c1-5-28(30(37)33-18-21(2)3)34(19-23-8-12-25(32)13-9-23)29(36)20-35(26-14-10-24(31)11-15-26)40(38,39)27-16-6-22(4)7-17-27/h6-17,21,28H,5,18-20H2,1-4H3,(H,33,37)/t28-/m1/s1. The first-order chi connectivity index (χ1) is 18.9. The molecule has 0 bridgehead atoms. The molecule has 0 aliphatic carbocycles. The SMILES string of the molecule is CC[C@H](C(=O)NCC(C)C)N(Cc1ccc(F)cc1)C(=O)CN(c1ccc(Cl)cc1)S(=O)(=O)c1ccc(C)cc1. The Hall–Kier alpha value is -3.43. The van der Waals surface area contributed by atoms with Gasteiger partial charge in [-0.25, -0.2) is 12.8 Å². The van der Waals surface area contributed by atoms with Crippen LogP contribution in [0.4, 0.5) is 10.1 Å². The van der Waals surface area contributed by atoms with Gasteiger partial charge in [0.2, 0.25) is 11.8 Å². The minimum Gasteiger partial charge on any atom is -0.354 e. The monoisotopic (exact) mass is 587 g/mol. The Morgan fingerprint density at radius 2 is 1.55 bits per heavy atom. The summed E-state index contributed by atoms with van der Waals surface area (Å²) in [7, 11) is -4.17. The molecule has 3 aromatic carbocycles. The van der Waals surface area contributed by atoms with Crippen molar-refractivity contribution < 1.29 is 22.4 Å². The Morgan fingerprint density at radius 1 is 0.950 bits per heavy atom. The third-order valence-corrected chi connectivity index (χ3v) is 8.38. The Morgan fingerprint density at radius 3 is 2.10 bits per heavy atom. The second kappa shape index (κ2) is 13.8. The number of hydrogen-bond acceptors (Lipinski definition) is 4. The van der Waals surface area contributed by atoms with Gasteiger partial charge >= 0.3 is 0 Å². The number of amides is 2. The molecular formula is C30H35ClFN3O4S. The molecule has 0 heterocycles. The molecule has 10 heteroatoms. The number of rotatable bonds is 12. The third kappa shape index (κ3) is 8.05. The number of sulfonamides is 1. The van der Waals surface area contributed by atoms with Gasteiger partial charge in [0.25, 0.3) is 10.0 Å². The first-order valence-electron chi connectivity index (χ1n) is 13.1. The van der Waals surface area contributed by atoms with Crippen LogP contribution < -0.4 is 9.62 Å². The first kappa shape index (κ1) is 31.1. The molecule has 0 saturated heterocycles. The van der Waals surface area contributed by atoms with Crippen LogP contribution in [0.1, 0.15) is 38.3 Å². The molecular weight excluding hydrogens is 553 g/mol. The summed E-state index contributed by atoms with van der Waals surface area (Å²) in [5, 5.41) is 3.29. The van der Waals surface area contributed by atoms with Crippen LogP contribution in [0.15, 0.2) is 77.7 Å². The highest BCUT2D eigenvalue weighted by atomic mass is 35.5. The zero-order valence-corrected chi connectivity index (χ0v) is 24.7. The normalized spacial score (nSPS) is 12.2. The highest BCUT2D eigenvalue weighted by Crippen LogP contribution is 2.26. The minimum atomic E-state index is -4.17. The van der Waals surface area contributed by atoms with Gasteiger partial charge < -0.3 is 10.2 Å². The average Bonchev–Trinajstić information content (AvgIpc) is 2.92. The third-order valence-electron chi connectivity index (χ3n) is 6.34. The molecule has 1 N–H and O–H groups in total. The number of aryl methyl sites for hydroxylation is 1. The highest BCUT2D eigenvalue weighted by molar-refractivity contribution is 7.92. The molecule has 0 aromatic heterocycles. The molecule has 0 spiro atoms. The van der Waals surface area contributed by atoms with Crippen molar-refractivity contribution >= 4 is 39.1 Å². The van der Waals surface area contributed by atoms with Crippen molar-refractivity contribution in [2.75, 3.05) is 17.4 Å². The first-order valence-corrected chi connectivity index (χ1v) is 14.9. The number of benzene rings is 3. The van der Waals surface area contributed by atoms with Crippen LogP contribution in [0.5, 0.6) is 0 Å². The molecule has 7 nitrogen and oxygen atoms in total. The summed E-state index contributed by atoms with van der Waals surface area (Å²) in [5.74, 6) is -1.16. The maximum Gasteiger partial charge on any atom is 0.264 e. The predicted octanol–water partition coefficient (Wildman–Crippen LogP) is 5.56. The Labute approximate surface area is 241 Å². The summed E-state index contributed by atoms with van der Waals surface area (Å²) in [6, 6.07) is 17.2. The van der Waals surface area contributed by atoms with Crippen molar-refractivity contribution in [2.45, 2.75) is 51.6 Å². The van der Waals surface area contributed by atoms with Gasteiger partial charge in [-0.2, -0.15) is 0 Å². The lowest BCUT2D eigenvalue weighted by molar-refractivity contribution is -0.140. The van der Waals surface area contributed by atoms with E-state index in [1.165, 1.54) is 53.4 Å². The zero-order valence-electron chi connectivity index (χ0n) is 23.1. The molecule has 40 heavy (non-hydrogen) atoms. The number of anilines is 1. The van der Waals surface area contributed by atoms with Crippen LogP contribution >= 0.6 is 11.6 Å². The number of carbonyl (C=O) groups excluding carboxylic acids is 2. The second-order valence-corrected chi connectivity index (χ2v) is 12.3. The second-order valence-electron chi connectivity index (χ2n) is 10.0. The zero-order chi connectivity index (χ0) is 29.4. The molecule has 3 aromatic rings. The van der Waals surface area contributed by atoms with Crippen molar-refractivity contribution in [3.8, 4) is 0 Å². The molecule has 0 radical (unpaired) electrons. The maximum absolute atomic E-state index is 14.0. The lowest BCUT2D eigenvalue weighted by atomic mass is 10.1. The van der Waals surface area contributed by atoms with Gasteiger partial charge in [-0.15, -0.1) is 0 Å². The van der Waals surface area contributed by atoms with Crippen molar-refractivity contribution in [1.82, 2.24) is 10.2 Å². The van der Waals surface area contributed by atoms with E-state index in [1.54, 1.807) is 31.2 Å². The summed E-state index contributed by atoms with van der Waals surface area (Å²) in [4.78, 5) is 28.6. The van der Waals surface area contributed by atoms with E-state index in [4.69, 9.17) is 11.6 Å². The topological polar surface area (TPSA) is 86.8 Å². The van der Waals surface area contributed by atoms with E-state index in [2.05, 4.69) is 5.32 Å². The fourth-order valence-electron chi connectivity index (χ4n) is 4.10. The van der Waals surface area contributed by atoms with Crippen LogP contribution in [0.25, 0.3) is 0 Å². The summed E-state index contributed by atoms with van der Waals surface area (Å²) < 4.78 is 42.3. The van der Waals surface area contributed by atoms with E-state index in [-0.39, 0.29) is 29.0 Å². The molecule has 0 fully saturated rings. The Kier molecular flexibility index (Phi) is 10.7. The van der Waals surface area contributed by atoms with Crippen LogP contribution in [-0.2, 0) is 26.2 Å². The summed E-state index contributed by atoms with van der Waals surface area (Å²) >= 11 is 6.06. The minimum absolute atomic E-state index is 0.00818. The average molecular weight is 588 g/mol.